The number of nitrogens with zero attached hydrogens (tertiary/aromatic N) is 3. The van der Waals surface area contributed by atoms with Gasteiger partial charge in [0, 0.05) is 18.7 Å². The number of nitrogens with one attached hydrogen (secondary N) is 3. The van der Waals surface area contributed by atoms with Crippen molar-refractivity contribution in [2.45, 2.75) is 64.2 Å². The van der Waals surface area contributed by atoms with Crippen molar-refractivity contribution in [1.29, 1.82) is 0 Å². The molecule has 5 rings (SSSR count). The van der Waals surface area contributed by atoms with Crippen molar-refractivity contribution in [3.63, 3.8) is 0 Å². The standard InChI is InChI=1S/C32H38N6O5S/c1-19(2)28-30(41)35-23(14-21-8-5-4-6-9-21)16-37(32(43)22-11-12-24-26(15-22)44-18-33-24)17-27(39)34-20(3)31(42)38-13-7-10-25(38)29(40)36-28/h4-6,8-9,11-12,15,18-20,23,25,28H,7,10,13-14,16-17H2,1-3H3,(H,34,39)(H,35,41)(H,36,40)/t20-,23-,25+,28-/m0/s1. The average molecular weight is 619 g/mol. The number of aromatic nitrogens is 1. The lowest BCUT2D eigenvalue weighted by Gasteiger charge is -2.31. The zero-order valence-electron chi connectivity index (χ0n) is 25.1. The molecule has 232 valence electrons. The fourth-order valence-corrected chi connectivity index (χ4v) is 6.58. The number of rotatable bonds is 4. The molecule has 3 N–H and O–H groups in total. The molecule has 44 heavy (non-hydrogen) atoms. The average Bonchev–Trinajstić information content (AvgIpc) is 3.68. The molecule has 3 heterocycles. The van der Waals surface area contributed by atoms with Crippen molar-refractivity contribution in [3.8, 4) is 0 Å². The molecule has 5 amide bonds. The van der Waals surface area contributed by atoms with Crippen LogP contribution >= 0.6 is 11.3 Å². The maximum absolute atomic E-state index is 14.0. The van der Waals surface area contributed by atoms with Crippen LogP contribution in [0.25, 0.3) is 10.2 Å². The quantitative estimate of drug-likeness (QED) is 0.409. The van der Waals surface area contributed by atoms with Crippen LogP contribution < -0.4 is 16.0 Å². The Labute approximate surface area is 260 Å². The Hall–Kier alpha value is -4.32. The molecule has 0 aliphatic carbocycles. The van der Waals surface area contributed by atoms with Gasteiger partial charge < -0.3 is 25.8 Å². The maximum Gasteiger partial charge on any atom is 0.254 e. The summed E-state index contributed by atoms with van der Waals surface area (Å²) in [5, 5.41) is 8.70. The second kappa shape index (κ2) is 13.5. The third-order valence-electron chi connectivity index (χ3n) is 8.15. The summed E-state index contributed by atoms with van der Waals surface area (Å²) in [7, 11) is 0. The van der Waals surface area contributed by atoms with Crippen molar-refractivity contribution in [2.24, 2.45) is 5.92 Å². The van der Waals surface area contributed by atoms with Crippen molar-refractivity contribution in [2.75, 3.05) is 19.6 Å². The van der Waals surface area contributed by atoms with Gasteiger partial charge in [0.25, 0.3) is 5.91 Å². The van der Waals surface area contributed by atoms with Gasteiger partial charge in [0.05, 0.1) is 28.3 Å². The first kappa shape index (κ1) is 31.1. The summed E-state index contributed by atoms with van der Waals surface area (Å²) in [6.07, 6.45) is 1.48. The third kappa shape index (κ3) is 7.07. The van der Waals surface area contributed by atoms with Crippen LogP contribution in [0.2, 0.25) is 0 Å². The highest BCUT2D eigenvalue weighted by molar-refractivity contribution is 7.16. The lowest BCUT2D eigenvalue weighted by molar-refractivity contribution is -0.142. The highest BCUT2D eigenvalue weighted by Crippen LogP contribution is 2.22. The van der Waals surface area contributed by atoms with E-state index in [1.807, 2.05) is 44.2 Å². The Morgan fingerprint density at radius 3 is 2.55 bits per heavy atom. The van der Waals surface area contributed by atoms with E-state index in [1.54, 1.807) is 30.6 Å². The SMILES string of the molecule is CC(C)[C@@H]1NC(=O)[C@H]2CCCN2C(=O)[C@H](C)NC(=O)CN(C(=O)c2ccc3ncsc3c2)C[C@H](Cc2ccccc2)NC1=O. The van der Waals surface area contributed by atoms with Crippen LogP contribution in [-0.2, 0) is 25.6 Å². The second-order valence-corrected chi connectivity index (χ2v) is 12.7. The Morgan fingerprint density at radius 2 is 1.80 bits per heavy atom. The minimum absolute atomic E-state index is 0.0173. The van der Waals surface area contributed by atoms with Crippen LogP contribution in [0.5, 0.6) is 0 Å². The Balaban J connectivity index is 1.51. The van der Waals surface area contributed by atoms with E-state index in [9.17, 15) is 24.0 Å². The summed E-state index contributed by atoms with van der Waals surface area (Å²) in [4.78, 5) is 75.1. The molecule has 2 aromatic carbocycles. The highest BCUT2D eigenvalue weighted by atomic mass is 32.1. The van der Waals surface area contributed by atoms with Gasteiger partial charge in [-0.1, -0.05) is 44.2 Å². The number of benzene rings is 2. The van der Waals surface area contributed by atoms with Crippen molar-refractivity contribution >= 4 is 51.1 Å². The monoisotopic (exact) mass is 618 g/mol. The van der Waals surface area contributed by atoms with E-state index in [0.29, 0.717) is 31.4 Å². The Morgan fingerprint density at radius 1 is 1.02 bits per heavy atom. The molecule has 2 aliphatic heterocycles. The van der Waals surface area contributed by atoms with Gasteiger partial charge >= 0.3 is 0 Å². The molecule has 0 spiro atoms. The van der Waals surface area contributed by atoms with Gasteiger partial charge in [-0.25, -0.2) is 4.98 Å². The van der Waals surface area contributed by atoms with Gasteiger partial charge in [0.1, 0.15) is 18.1 Å². The topological polar surface area (TPSA) is 141 Å². The smallest absolute Gasteiger partial charge is 0.254 e. The third-order valence-corrected chi connectivity index (χ3v) is 8.94. The summed E-state index contributed by atoms with van der Waals surface area (Å²) in [5.41, 5.74) is 3.79. The molecule has 2 fully saturated rings. The fourth-order valence-electron chi connectivity index (χ4n) is 5.87. The summed E-state index contributed by atoms with van der Waals surface area (Å²) < 4.78 is 0.836. The van der Waals surface area contributed by atoms with Crippen molar-refractivity contribution < 1.29 is 24.0 Å². The molecular weight excluding hydrogens is 580 g/mol. The minimum Gasteiger partial charge on any atom is -0.349 e. The van der Waals surface area contributed by atoms with E-state index in [2.05, 4.69) is 20.9 Å². The molecule has 2 aliphatic rings. The van der Waals surface area contributed by atoms with Crippen LogP contribution in [0.4, 0.5) is 0 Å². The number of carbonyl (C=O) groups is 5. The summed E-state index contributed by atoms with van der Waals surface area (Å²) in [6, 6.07) is 11.6. The van der Waals surface area contributed by atoms with Gasteiger partial charge in [-0.05, 0) is 55.9 Å². The van der Waals surface area contributed by atoms with Crippen LogP contribution in [-0.4, -0.2) is 88.1 Å². The highest BCUT2D eigenvalue weighted by Gasteiger charge is 2.39. The lowest BCUT2D eigenvalue weighted by Crippen LogP contribution is -2.58. The lowest BCUT2D eigenvalue weighted by atomic mass is 10.00. The van der Waals surface area contributed by atoms with Crippen LogP contribution in [0.1, 0.15) is 49.5 Å². The van der Waals surface area contributed by atoms with E-state index in [4.69, 9.17) is 0 Å². The molecule has 0 bridgehead atoms. The van der Waals surface area contributed by atoms with Gasteiger partial charge in [0.15, 0.2) is 0 Å². The van der Waals surface area contributed by atoms with Crippen LogP contribution in [0.15, 0.2) is 54.0 Å². The first-order chi connectivity index (χ1) is 21.1. The number of thiazole rings is 1. The molecule has 2 saturated heterocycles. The Bertz CT molecular complexity index is 1540. The molecule has 3 aromatic rings. The molecule has 1 aromatic heterocycles. The largest absolute Gasteiger partial charge is 0.349 e. The molecule has 4 atom stereocenters. The van der Waals surface area contributed by atoms with Gasteiger partial charge in [-0.3, -0.25) is 24.0 Å². The predicted molar refractivity (Wildman–Crippen MR) is 167 cm³/mol. The van der Waals surface area contributed by atoms with E-state index < -0.39 is 41.9 Å². The molecule has 0 unspecified atom stereocenters. The van der Waals surface area contributed by atoms with Crippen LogP contribution in [0.3, 0.4) is 0 Å². The number of hydrogen-bond donors (Lipinski definition) is 3. The number of hydrogen-bond acceptors (Lipinski definition) is 7. The van der Waals surface area contributed by atoms with E-state index in [-0.39, 0.29) is 30.8 Å². The van der Waals surface area contributed by atoms with Crippen molar-refractivity contribution in [1.82, 2.24) is 30.7 Å². The molecular formula is C32H38N6O5S. The maximum atomic E-state index is 14.0. The molecule has 11 nitrogen and oxygen atoms in total. The first-order valence-electron chi connectivity index (χ1n) is 15.0. The fraction of sp³-hybridized carbons (Fsp3) is 0.438. The normalized spacial score (nSPS) is 23.9. The summed E-state index contributed by atoms with van der Waals surface area (Å²) in [5.74, 6) is -2.32. The van der Waals surface area contributed by atoms with Gasteiger partial charge in [0.2, 0.25) is 23.6 Å². The van der Waals surface area contributed by atoms with E-state index in [1.165, 1.54) is 21.1 Å². The minimum atomic E-state index is -0.910. The molecule has 12 heteroatoms. The number of fused-ring (bicyclic) bond motifs is 2. The summed E-state index contributed by atoms with van der Waals surface area (Å²) >= 11 is 1.41. The van der Waals surface area contributed by atoms with Gasteiger partial charge in [-0.15, -0.1) is 11.3 Å². The molecule has 0 radical (unpaired) electrons. The second-order valence-electron chi connectivity index (χ2n) is 11.8. The zero-order chi connectivity index (χ0) is 31.4. The summed E-state index contributed by atoms with van der Waals surface area (Å²) in [6.45, 7) is 5.34. The predicted octanol–water partition coefficient (Wildman–Crippen LogP) is 2.12. The van der Waals surface area contributed by atoms with E-state index in [0.717, 1.165) is 15.8 Å². The first-order valence-corrected chi connectivity index (χ1v) is 15.9. The number of carbonyl (C=O) groups excluding carboxylic acids is 5. The number of amides is 5. The van der Waals surface area contributed by atoms with Crippen LogP contribution in [0, 0.1) is 5.92 Å². The van der Waals surface area contributed by atoms with E-state index >= 15 is 0 Å². The van der Waals surface area contributed by atoms with Crippen molar-refractivity contribution in [3.05, 3.63) is 65.2 Å². The van der Waals surface area contributed by atoms with Gasteiger partial charge in [-0.2, -0.15) is 0 Å². The molecule has 0 saturated carbocycles. The zero-order valence-corrected chi connectivity index (χ0v) is 25.9. The Kier molecular flexibility index (Phi) is 9.58.